The van der Waals surface area contributed by atoms with Crippen LogP contribution in [0.15, 0.2) is 11.6 Å². The third kappa shape index (κ3) is 9.20. The molecular weight excluding hydrogens is 232 g/mol. The molecule has 0 fully saturated rings. The monoisotopic (exact) mass is 256 g/mol. The van der Waals surface area contributed by atoms with Gasteiger partial charge >= 0.3 is 0 Å². The molecule has 2 N–H and O–H groups in total. The number of rotatable bonds is 9. The molecule has 0 bridgehead atoms. The van der Waals surface area contributed by atoms with E-state index in [4.69, 9.17) is 19.7 Å². The maximum absolute atomic E-state index is 8.72. The Kier molecular flexibility index (Phi) is 12.0. The molecule has 0 radical (unpaired) electrons. The third-order valence-corrected chi connectivity index (χ3v) is 2.20. The number of ether oxygens (including phenoxy) is 2. The second-order valence-electron chi connectivity index (χ2n) is 3.73. The van der Waals surface area contributed by atoms with Crippen molar-refractivity contribution in [2.45, 2.75) is 32.8 Å². The van der Waals surface area contributed by atoms with Gasteiger partial charge in [-0.3, -0.25) is 0 Å². The molecule has 0 aliphatic rings. The molecule has 0 aliphatic heterocycles. The average Bonchev–Trinajstić information content (AvgIpc) is 2.39. The summed E-state index contributed by atoms with van der Waals surface area (Å²) in [5.74, 6) is 6.06. The van der Waals surface area contributed by atoms with Gasteiger partial charge in [0.1, 0.15) is 6.10 Å². The minimum atomic E-state index is -0.144. The van der Waals surface area contributed by atoms with E-state index in [-0.39, 0.29) is 19.3 Å². The minimum Gasteiger partial charge on any atom is -0.394 e. The van der Waals surface area contributed by atoms with Gasteiger partial charge in [0.2, 0.25) is 0 Å². The third-order valence-electron chi connectivity index (χ3n) is 2.20. The Bertz CT molecular complexity index is 275. The maximum Gasteiger partial charge on any atom is 0.118 e. The van der Waals surface area contributed by atoms with Gasteiger partial charge in [0, 0.05) is 5.57 Å². The van der Waals surface area contributed by atoms with Crippen molar-refractivity contribution < 1.29 is 19.7 Å². The van der Waals surface area contributed by atoms with E-state index in [1.807, 2.05) is 13.0 Å². The number of aliphatic hydroxyl groups is 2. The van der Waals surface area contributed by atoms with Crippen molar-refractivity contribution >= 4 is 0 Å². The largest absolute Gasteiger partial charge is 0.394 e. The Labute approximate surface area is 110 Å². The lowest BCUT2D eigenvalue weighted by Crippen LogP contribution is -2.13. The van der Waals surface area contributed by atoms with E-state index in [2.05, 4.69) is 18.8 Å². The first-order valence-corrected chi connectivity index (χ1v) is 6.36. The fourth-order valence-electron chi connectivity index (χ4n) is 1.27. The Morgan fingerprint density at radius 2 is 2.00 bits per heavy atom. The highest BCUT2D eigenvalue weighted by Gasteiger charge is 2.03. The van der Waals surface area contributed by atoms with Gasteiger partial charge in [-0.2, -0.15) is 0 Å². The van der Waals surface area contributed by atoms with Crippen LogP contribution in [0.5, 0.6) is 0 Å². The van der Waals surface area contributed by atoms with Crippen LogP contribution in [0.25, 0.3) is 0 Å². The van der Waals surface area contributed by atoms with Crippen molar-refractivity contribution in [2.24, 2.45) is 0 Å². The Hall–Kier alpha value is -0.860. The topological polar surface area (TPSA) is 58.9 Å². The van der Waals surface area contributed by atoms with Crippen LogP contribution in [0.1, 0.15) is 26.7 Å². The summed E-state index contributed by atoms with van der Waals surface area (Å²) in [6.07, 6.45) is 3.58. The van der Waals surface area contributed by atoms with E-state index in [0.29, 0.717) is 19.8 Å². The highest BCUT2D eigenvalue weighted by molar-refractivity contribution is 5.29. The second kappa shape index (κ2) is 12.6. The molecule has 0 heterocycles. The highest BCUT2D eigenvalue weighted by atomic mass is 16.5. The summed E-state index contributed by atoms with van der Waals surface area (Å²) in [5.41, 5.74) is 0.872. The predicted octanol–water partition coefficient (Wildman–Crippen LogP) is 1.12. The molecule has 0 amide bonds. The van der Waals surface area contributed by atoms with Gasteiger partial charge in [-0.25, -0.2) is 0 Å². The number of aliphatic hydroxyl groups excluding tert-OH is 2. The van der Waals surface area contributed by atoms with Crippen LogP contribution in [-0.2, 0) is 9.47 Å². The molecule has 0 spiro atoms. The summed E-state index contributed by atoms with van der Waals surface area (Å²) in [4.78, 5) is 0. The molecule has 0 aromatic heterocycles. The van der Waals surface area contributed by atoms with Gasteiger partial charge in [0.15, 0.2) is 0 Å². The average molecular weight is 256 g/mol. The minimum absolute atomic E-state index is 0.0119. The molecule has 0 rings (SSSR count). The molecule has 0 aromatic carbocycles. The molecular formula is C14H24O4. The first kappa shape index (κ1) is 17.1. The van der Waals surface area contributed by atoms with Crippen molar-refractivity contribution in [2.75, 3.05) is 33.0 Å². The lowest BCUT2D eigenvalue weighted by molar-refractivity contribution is 0.0549. The first-order chi connectivity index (χ1) is 8.78. The normalized spacial score (nSPS) is 13.0. The molecule has 0 aromatic rings. The van der Waals surface area contributed by atoms with Gasteiger partial charge in [-0.15, -0.1) is 0 Å². The van der Waals surface area contributed by atoms with E-state index in [1.54, 1.807) is 0 Å². The van der Waals surface area contributed by atoms with Crippen molar-refractivity contribution in [3.05, 3.63) is 11.6 Å². The highest BCUT2D eigenvalue weighted by Crippen LogP contribution is 2.02. The zero-order valence-corrected chi connectivity index (χ0v) is 11.3. The van der Waals surface area contributed by atoms with Gasteiger partial charge in [-0.1, -0.05) is 31.3 Å². The van der Waals surface area contributed by atoms with E-state index >= 15 is 0 Å². The van der Waals surface area contributed by atoms with Crippen LogP contribution in [-0.4, -0.2) is 49.4 Å². The van der Waals surface area contributed by atoms with E-state index in [0.717, 1.165) is 18.4 Å². The molecule has 4 heteroatoms. The van der Waals surface area contributed by atoms with Crippen LogP contribution >= 0.6 is 0 Å². The fraction of sp³-hybridized carbons (Fsp3) is 0.714. The molecule has 0 aliphatic carbocycles. The molecule has 0 saturated carbocycles. The van der Waals surface area contributed by atoms with Gasteiger partial charge in [0.25, 0.3) is 0 Å². The van der Waals surface area contributed by atoms with E-state index in [1.165, 1.54) is 0 Å². The lowest BCUT2D eigenvalue weighted by Gasteiger charge is -2.09. The van der Waals surface area contributed by atoms with Gasteiger partial charge in [0.05, 0.1) is 33.0 Å². The van der Waals surface area contributed by atoms with Gasteiger partial charge < -0.3 is 19.7 Å². The van der Waals surface area contributed by atoms with Crippen molar-refractivity contribution in [3.8, 4) is 11.8 Å². The SMILES string of the molecule is CC=C(C#CC(CCC)OCCO)COCCO. The summed E-state index contributed by atoms with van der Waals surface area (Å²) in [7, 11) is 0. The van der Waals surface area contributed by atoms with E-state index in [9.17, 15) is 0 Å². The number of allylic oxidation sites excluding steroid dienone is 1. The number of hydrogen-bond acceptors (Lipinski definition) is 4. The summed E-state index contributed by atoms with van der Waals surface area (Å²) in [6, 6.07) is 0. The lowest BCUT2D eigenvalue weighted by atomic mass is 10.2. The summed E-state index contributed by atoms with van der Waals surface area (Å²) in [5, 5.41) is 17.3. The first-order valence-electron chi connectivity index (χ1n) is 6.36. The summed E-state index contributed by atoms with van der Waals surface area (Å²) < 4.78 is 10.6. The summed E-state index contributed by atoms with van der Waals surface area (Å²) in [6.45, 7) is 5.03. The maximum atomic E-state index is 8.72. The molecule has 0 saturated heterocycles. The molecule has 1 atom stereocenters. The summed E-state index contributed by atoms with van der Waals surface area (Å²) >= 11 is 0. The van der Waals surface area contributed by atoms with Gasteiger partial charge in [-0.05, 0) is 13.3 Å². The van der Waals surface area contributed by atoms with Crippen molar-refractivity contribution in [1.29, 1.82) is 0 Å². The molecule has 104 valence electrons. The second-order valence-corrected chi connectivity index (χ2v) is 3.73. The standard InChI is InChI=1S/C14H24O4/c1-3-5-14(18-11-9-16)7-6-13(4-2)12-17-10-8-15/h4,14-16H,3,5,8-12H2,1-2H3. The molecule has 1 unspecified atom stereocenters. The molecule has 18 heavy (non-hydrogen) atoms. The van der Waals surface area contributed by atoms with Crippen LogP contribution < -0.4 is 0 Å². The van der Waals surface area contributed by atoms with Crippen LogP contribution in [0.3, 0.4) is 0 Å². The Morgan fingerprint density at radius 1 is 1.28 bits per heavy atom. The predicted molar refractivity (Wildman–Crippen MR) is 71.2 cm³/mol. The van der Waals surface area contributed by atoms with E-state index < -0.39 is 0 Å². The smallest absolute Gasteiger partial charge is 0.118 e. The van der Waals surface area contributed by atoms with Crippen LogP contribution in [0.4, 0.5) is 0 Å². The zero-order valence-electron chi connectivity index (χ0n) is 11.3. The number of hydrogen-bond donors (Lipinski definition) is 2. The zero-order chi connectivity index (χ0) is 13.6. The quantitative estimate of drug-likeness (QED) is 0.479. The Morgan fingerprint density at radius 3 is 2.56 bits per heavy atom. The van der Waals surface area contributed by atoms with Crippen molar-refractivity contribution in [1.82, 2.24) is 0 Å². The molecule has 4 nitrogen and oxygen atoms in total. The van der Waals surface area contributed by atoms with Crippen LogP contribution in [0, 0.1) is 11.8 Å². The fourth-order valence-corrected chi connectivity index (χ4v) is 1.27. The van der Waals surface area contributed by atoms with Crippen LogP contribution in [0.2, 0.25) is 0 Å². The van der Waals surface area contributed by atoms with Crippen molar-refractivity contribution in [3.63, 3.8) is 0 Å². The Balaban J connectivity index is 4.25.